The van der Waals surface area contributed by atoms with E-state index in [1.807, 2.05) is 38.1 Å². The standard InChI is InChI=1S/C64H74N10O2/c1-40-27-52-56(32-48(40)65)73(46-19-11-9-12-20-46)58-34-50(42(3)29-54(58)71-52)69-25-17-7-5-15-23-64(62(60(67)75)36-44-31-45(38-62)39-63(64,37-44)61(68)76)24-16-6-8-18-26-70-51-35-59-55(30-43(51)4)72-53-28-41(2)49(66)33-57(53)74(59)47-21-13-10-14-22-47/h9-14,19-22,27-30,32-35,44-45H,5-8,15-18,23-26,31,36-39H2,1-4H3,(H8,65,66,67,68,69,70,75,76)/p+2. The van der Waals surface area contributed by atoms with E-state index in [-0.39, 0.29) is 11.8 Å². The average Bonchev–Trinajstić information content (AvgIpc) is 3.58. The fourth-order valence-corrected chi connectivity index (χ4v) is 15.0. The van der Waals surface area contributed by atoms with Gasteiger partial charge in [0.05, 0.1) is 10.8 Å². The van der Waals surface area contributed by atoms with Gasteiger partial charge in [-0.05, 0) is 149 Å². The highest BCUT2D eigenvalue weighted by Gasteiger charge is 2.74. The number of anilines is 4. The number of nitrogens with one attached hydrogen (secondary N) is 2. The molecule has 2 heterocycles. The minimum Gasteiger partial charge on any atom is -0.398 e. The van der Waals surface area contributed by atoms with Crippen LogP contribution in [0.3, 0.4) is 0 Å². The fourth-order valence-electron chi connectivity index (χ4n) is 15.0. The average molecular weight is 1020 g/mol. The summed E-state index contributed by atoms with van der Waals surface area (Å²) in [6, 6.07) is 37.8. The zero-order chi connectivity index (χ0) is 52.9. The number of aryl methyl sites for hydroxylation is 4. The lowest BCUT2D eigenvalue weighted by Gasteiger charge is -2.71. The topological polar surface area (TPSA) is 196 Å². The lowest BCUT2D eigenvalue weighted by molar-refractivity contribution is -0.538. The second kappa shape index (κ2) is 20.3. The molecule has 4 bridgehead atoms. The number of hydrogen-bond acceptors (Lipinski definition) is 8. The first-order valence-electron chi connectivity index (χ1n) is 28.0. The quantitative estimate of drug-likeness (QED) is 0.0188. The summed E-state index contributed by atoms with van der Waals surface area (Å²) in [5.41, 5.74) is 41.9. The van der Waals surface area contributed by atoms with Crippen LogP contribution in [0.2, 0.25) is 0 Å². The smallest absolute Gasteiger partial charge is 0.239 e. The van der Waals surface area contributed by atoms with Crippen LogP contribution in [-0.2, 0) is 9.59 Å². The molecular weight excluding hydrogens is 941 g/mol. The van der Waals surface area contributed by atoms with Gasteiger partial charge in [-0.25, -0.2) is 9.97 Å². The molecule has 0 saturated heterocycles. The van der Waals surface area contributed by atoms with Crippen LogP contribution in [0, 0.1) is 55.8 Å². The molecule has 10 N–H and O–H groups in total. The summed E-state index contributed by atoms with van der Waals surface area (Å²) in [7, 11) is 0. The van der Waals surface area contributed by atoms with E-state index < -0.39 is 16.2 Å². The molecule has 12 nitrogen and oxygen atoms in total. The number of fused-ring (bicyclic) bond motifs is 4. The molecule has 12 heteroatoms. The van der Waals surface area contributed by atoms with E-state index in [1.54, 1.807) is 0 Å². The predicted octanol–water partition coefficient (Wildman–Crippen LogP) is 11.6. The lowest BCUT2D eigenvalue weighted by Crippen LogP contribution is -2.72. The Morgan fingerprint density at radius 3 is 1.24 bits per heavy atom. The third-order valence-electron chi connectivity index (χ3n) is 18.5. The first-order chi connectivity index (χ1) is 36.7. The summed E-state index contributed by atoms with van der Waals surface area (Å²) in [5.74, 6) is 0.242. The molecule has 0 unspecified atom stereocenters. The first kappa shape index (κ1) is 50.8. The molecule has 12 rings (SSSR count). The van der Waals surface area contributed by atoms with E-state index in [0.29, 0.717) is 11.8 Å². The number of amides is 2. The summed E-state index contributed by atoms with van der Waals surface area (Å²) < 4.78 is 4.53. The highest BCUT2D eigenvalue weighted by Crippen LogP contribution is 2.76. The third-order valence-corrected chi connectivity index (χ3v) is 18.5. The summed E-state index contributed by atoms with van der Waals surface area (Å²) in [5, 5.41) is 7.54. The maximum atomic E-state index is 14.1. The zero-order valence-corrected chi connectivity index (χ0v) is 45.0. The third kappa shape index (κ3) is 8.81. The number of aromatic nitrogens is 4. The number of unbranched alkanes of at least 4 members (excludes halogenated alkanes) is 6. The van der Waals surface area contributed by atoms with Gasteiger partial charge < -0.3 is 33.6 Å². The molecule has 4 fully saturated rings. The zero-order valence-electron chi connectivity index (χ0n) is 45.0. The highest BCUT2D eigenvalue weighted by molar-refractivity contribution is 5.90. The fraction of sp³-hybridized carbons (Fsp3) is 0.406. The van der Waals surface area contributed by atoms with Crippen LogP contribution in [0.5, 0.6) is 0 Å². The SMILES string of the molecule is Cc1cc2nc3cc(C)c(NCCCCCCC4(CCCCCCNc5cc6c(cc5C)nc5cc(C)c(N)cc5[n+]6-c5ccccc5)C5(C(N)=O)CC6CC(C5)CC4(C(N)=O)C6)cc3[n+](-c3ccccc3)c2cc1N. The van der Waals surface area contributed by atoms with Crippen LogP contribution < -0.4 is 42.7 Å². The van der Waals surface area contributed by atoms with Gasteiger partial charge >= 0.3 is 0 Å². The number of para-hydroxylation sites is 2. The Kier molecular flexibility index (Phi) is 13.6. The Labute approximate surface area is 447 Å². The van der Waals surface area contributed by atoms with Gasteiger partial charge in [-0.1, -0.05) is 74.9 Å². The molecule has 6 aromatic carbocycles. The lowest BCUT2D eigenvalue weighted by atomic mass is 9.31. The van der Waals surface area contributed by atoms with Gasteiger partial charge in [0.1, 0.15) is 22.1 Å². The monoisotopic (exact) mass is 1020 g/mol. The number of nitrogens with zero attached hydrogens (tertiary/aromatic N) is 4. The number of carbonyl (C=O) groups is 2. The van der Waals surface area contributed by atoms with E-state index in [1.165, 1.54) is 0 Å². The van der Waals surface area contributed by atoms with E-state index in [9.17, 15) is 9.59 Å². The first-order valence-corrected chi connectivity index (χ1v) is 28.0. The van der Waals surface area contributed by atoms with Crippen molar-refractivity contribution in [1.82, 2.24) is 9.97 Å². The molecule has 0 atom stereocenters. The van der Waals surface area contributed by atoms with Crippen molar-refractivity contribution in [1.29, 1.82) is 0 Å². The van der Waals surface area contributed by atoms with Gasteiger partial charge in [-0.15, -0.1) is 9.13 Å². The molecule has 2 aromatic heterocycles. The maximum absolute atomic E-state index is 14.1. The summed E-state index contributed by atoms with van der Waals surface area (Å²) >= 11 is 0. The molecule has 0 spiro atoms. The van der Waals surface area contributed by atoms with Gasteiger partial charge in [-0.3, -0.25) is 9.59 Å². The van der Waals surface area contributed by atoms with Crippen molar-refractivity contribution in [3.63, 3.8) is 0 Å². The number of nitrogen functional groups attached to an aromatic ring is 2. The summed E-state index contributed by atoms with van der Waals surface area (Å²) in [4.78, 5) is 38.4. The van der Waals surface area contributed by atoms with Crippen molar-refractivity contribution < 1.29 is 18.7 Å². The molecule has 0 radical (unpaired) electrons. The van der Waals surface area contributed by atoms with Crippen LogP contribution in [0.4, 0.5) is 22.7 Å². The van der Waals surface area contributed by atoms with E-state index in [0.717, 1.165) is 210 Å². The van der Waals surface area contributed by atoms with E-state index in [4.69, 9.17) is 32.9 Å². The normalized spacial score (nSPS) is 20.5. The van der Waals surface area contributed by atoms with Crippen LogP contribution in [0.15, 0.2) is 109 Å². The Hall–Kier alpha value is -7.34. The van der Waals surface area contributed by atoms with Crippen LogP contribution in [0.1, 0.15) is 119 Å². The molecule has 4 aliphatic rings. The number of primary amides is 2. The summed E-state index contributed by atoms with van der Waals surface area (Å²) in [6.07, 6.45) is 13.8. The van der Waals surface area contributed by atoms with Crippen molar-refractivity contribution >= 4 is 78.7 Å². The minimum atomic E-state index is -0.695. The Morgan fingerprint density at radius 1 is 0.500 bits per heavy atom. The largest absolute Gasteiger partial charge is 0.398 e. The molecule has 76 heavy (non-hydrogen) atoms. The van der Waals surface area contributed by atoms with Gasteiger partial charge in [0, 0.05) is 84.4 Å². The molecular formula is C64H76N10O2+2. The minimum absolute atomic E-state index is 0.206. The molecule has 0 aliphatic heterocycles. The second-order valence-corrected chi connectivity index (χ2v) is 23.2. The number of hydrogen-bond donors (Lipinski definition) is 6. The Balaban J connectivity index is 0.754. The highest BCUT2D eigenvalue weighted by atomic mass is 16.2. The van der Waals surface area contributed by atoms with Crippen molar-refractivity contribution in [2.45, 2.75) is 124 Å². The van der Waals surface area contributed by atoms with Gasteiger partial charge in [0.2, 0.25) is 45.3 Å². The van der Waals surface area contributed by atoms with Crippen LogP contribution in [-0.4, -0.2) is 34.9 Å². The molecule has 8 aromatic rings. The number of carbonyl (C=O) groups excluding carboxylic acids is 2. The van der Waals surface area contributed by atoms with Crippen LogP contribution >= 0.6 is 0 Å². The number of rotatable bonds is 20. The molecule has 392 valence electrons. The van der Waals surface area contributed by atoms with Crippen LogP contribution in [0.25, 0.3) is 55.5 Å². The Morgan fingerprint density at radius 2 is 0.855 bits per heavy atom. The van der Waals surface area contributed by atoms with E-state index >= 15 is 0 Å². The van der Waals surface area contributed by atoms with Gasteiger partial charge in [-0.2, -0.15) is 0 Å². The van der Waals surface area contributed by atoms with Gasteiger partial charge in [0.25, 0.3) is 0 Å². The molecule has 4 aliphatic carbocycles. The number of benzene rings is 6. The van der Waals surface area contributed by atoms with Crippen molar-refractivity contribution in [3.05, 3.63) is 131 Å². The van der Waals surface area contributed by atoms with Crippen molar-refractivity contribution in [3.8, 4) is 11.4 Å². The summed E-state index contributed by atoms with van der Waals surface area (Å²) in [6.45, 7) is 9.98. The number of nitrogens with two attached hydrogens (primary N) is 4. The second-order valence-electron chi connectivity index (χ2n) is 23.2. The van der Waals surface area contributed by atoms with E-state index in [2.05, 4.69) is 119 Å². The molecule has 2 amide bonds. The van der Waals surface area contributed by atoms with Crippen molar-refractivity contribution in [2.24, 2.45) is 39.5 Å². The van der Waals surface area contributed by atoms with Crippen molar-refractivity contribution in [2.75, 3.05) is 35.2 Å². The Bertz CT molecular complexity index is 3300. The maximum Gasteiger partial charge on any atom is 0.239 e. The van der Waals surface area contributed by atoms with Gasteiger partial charge in [0.15, 0.2) is 0 Å². The predicted molar refractivity (Wildman–Crippen MR) is 308 cm³/mol. The molecule has 4 saturated carbocycles.